The number of aromatic amines is 1. The lowest BCUT2D eigenvalue weighted by Crippen LogP contribution is -2.12. The van der Waals surface area contributed by atoms with E-state index in [0.29, 0.717) is 5.57 Å². The molecule has 64 valence electrons. The molecule has 1 aromatic heterocycles. The van der Waals surface area contributed by atoms with Gasteiger partial charge in [-0.25, -0.2) is 4.98 Å². The predicted molar refractivity (Wildman–Crippen MR) is 46.1 cm³/mol. The van der Waals surface area contributed by atoms with Crippen molar-refractivity contribution in [2.45, 2.75) is 13.8 Å². The molecule has 12 heavy (non-hydrogen) atoms. The van der Waals surface area contributed by atoms with Gasteiger partial charge in [0.2, 0.25) is 5.91 Å². The van der Waals surface area contributed by atoms with Crippen LogP contribution in [0, 0.1) is 0 Å². The Balaban J connectivity index is 3.05. The summed E-state index contributed by atoms with van der Waals surface area (Å²) in [4.78, 5) is 17.5. The molecule has 1 amide bonds. The molecule has 0 unspecified atom stereocenters. The normalized spacial score (nSPS) is 12.5. The fraction of sp³-hybridized carbons (Fsp3) is 0.250. The van der Waals surface area contributed by atoms with Crippen molar-refractivity contribution in [3.05, 3.63) is 23.8 Å². The standard InChI is InChI=1S/C8H11N3O/c1-5(6(2)8(9)12)7-3-10-4-11-7/h3-4H,1-2H3,(H2,9,12)(H,10,11). The molecule has 4 nitrogen and oxygen atoms in total. The lowest BCUT2D eigenvalue weighted by atomic mass is 10.1. The van der Waals surface area contributed by atoms with E-state index in [4.69, 9.17) is 5.73 Å². The minimum Gasteiger partial charge on any atom is -0.366 e. The zero-order chi connectivity index (χ0) is 9.14. The highest BCUT2D eigenvalue weighted by Gasteiger charge is 2.05. The second-order valence-corrected chi connectivity index (χ2v) is 2.58. The largest absolute Gasteiger partial charge is 0.366 e. The summed E-state index contributed by atoms with van der Waals surface area (Å²) in [5.74, 6) is -0.401. The van der Waals surface area contributed by atoms with Crippen LogP contribution in [-0.2, 0) is 4.79 Å². The second-order valence-electron chi connectivity index (χ2n) is 2.58. The summed E-state index contributed by atoms with van der Waals surface area (Å²) >= 11 is 0. The highest BCUT2D eigenvalue weighted by atomic mass is 16.1. The molecule has 0 aromatic carbocycles. The summed E-state index contributed by atoms with van der Waals surface area (Å²) in [6.45, 7) is 3.52. The summed E-state index contributed by atoms with van der Waals surface area (Å²) in [5, 5.41) is 0. The molecule has 0 aliphatic heterocycles. The Morgan fingerprint density at radius 3 is 2.67 bits per heavy atom. The number of carbonyl (C=O) groups excluding carboxylic acids is 1. The number of primary amides is 1. The molecule has 0 fully saturated rings. The van der Waals surface area contributed by atoms with Crippen LogP contribution in [0.4, 0.5) is 0 Å². The fourth-order valence-corrected chi connectivity index (χ4v) is 0.848. The molecule has 4 heteroatoms. The van der Waals surface area contributed by atoms with E-state index in [2.05, 4.69) is 9.97 Å². The van der Waals surface area contributed by atoms with Gasteiger partial charge in [-0.05, 0) is 19.4 Å². The summed E-state index contributed by atoms with van der Waals surface area (Å²) < 4.78 is 0. The van der Waals surface area contributed by atoms with Crippen LogP contribution >= 0.6 is 0 Å². The van der Waals surface area contributed by atoms with Gasteiger partial charge in [-0.1, -0.05) is 0 Å². The number of nitrogens with two attached hydrogens (primary N) is 1. The van der Waals surface area contributed by atoms with Crippen LogP contribution in [0.3, 0.4) is 0 Å². The third kappa shape index (κ3) is 1.53. The topological polar surface area (TPSA) is 71.8 Å². The molecule has 0 radical (unpaired) electrons. The maximum absolute atomic E-state index is 10.8. The fourth-order valence-electron chi connectivity index (χ4n) is 0.848. The Hall–Kier alpha value is -1.58. The van der Waals surface area contributed by atoms with Crippen LogP contribution in [0.1, 0.15) is 19.5 Å². The summed E-state index contributed by atoms with van der Waals surface area (Å²) in [7, 11) is 0. The van der Waals surface area contributed by atoms with Crippen molar-refractivity contribution in [3.63, 3.8) is 0 Å². The average molecular weight is 165 g/mol. The van der Waals surface area contributed by atoms with Gasteiger partial charge in [-0.2, -0.15) is 0 Å². The minimum absolute atomic E-state index is 0.401. The van der Waals surface area contributed by atoms with E-state index >= 15 is 0 Å². The van der Waals surface area contributed by atoms with Gasteiger partial charge in [0, 0.05) is 5.57 Å². The predicted octanol–water partition coefficient (Wildman–Crippen LogP) is 0.688. The summed E-state index contributed by atoms with van der Waals surface area (Å²) in [5.41, 5.74) is 7.33. The van der Waals surface area contributed by atoms with Crippen molar-refractivity contribution >= 4 is 11.5 Å². The van der Waals surface area contributed by atoms with Crippen molar-refractivity contribution in [1.29, 1.82) is 0 Å². The molecule has 0 saturated heterocycles. The van der Waals surface area contributed by atoms with E-state index in [-0.39, 0.29) is 0 Å². The van der Waals surface area contributed by atoms with E-state index in [1.807, 2.05) is 6.92 Å². The van der Waals surface area contributed by atoms with Gasteiger partial charge in [0.1, 0.15) is 0 Å². The van der Waals surface area contributed by atoms with E-state index in [0.717, 1.165) is 11.3 Å². The molecule has 1 rings (SSSR count). The Morgan fingerprint density at radius 1 is 1.58 bits per heavy atom. The monoisotopic (exact) mass is 165 g/mol. The van der Waals surface area contributed by atoms with Gasteiger partial charge in [0.05, 0.1) is 18.2 Å². The molecular weight excluding hydrogens is 154 g/mol. The van der Waals surface area contributed by atoms with Crippen molar-refractivity contribution in [1.82, 2.24) is 9.97 Å². The smallest absolute Gasteiger partial charge is 0.244 e. The van der Waals surface area contributed by atoms with Crippen LogP contribution in [0.5, 0.6) is 0 Å². The Bertz CT molecular complexity index is 311. The number of H-pyrrole nitrogens is 1. The minimum atomic E-state index is -0.401. The van der Waals surface area contributed by atoms with Crippen molar-refractivity contribution in [3.8, 4) is 0 Å². The third-order valence-corrected chi connectivity index (χ3v) is 1.83. The van der Waals surface area contributed by atoms with Crippen LogP contribution in [-0.4, -0.2) is 15.9 Å². The van der Waals surface area contributed by atoms with Crippen LogP contribution < -0.4 is 5.73 Å². The molecule has 0 saturated carbocycles. The Kier molecular flexibility index (Phi) is 2.28. The van der Waals surface area contributed by atoms with Gasteiger partial charge in [0.15, 0.2) is 0 Å². The summed E-state index contributed by atoms with van der Waals surface area (Å²) in [6, 6.07) is 0. The van der Waals surface area contributed by atoms with E-state index in [1.165, 1.54) is 0 Å². The first-order chi connectivity index (χ1) is 5.63. The number of nitrogens with one attached hydrogen (secondary N) is 1. The number of imidazole rings is 1. The zero-order valence-electron chi connectivity index (χ0n) is 7.09. The summed E-state index contributed by atoms with van der Waals surface area (Å²) in [6.07, 6.45) is 3.22. The molecule has 0 aliphatic carbocycles. The van der Waals surface area contributed by atoms with E-state index in [1.54, 1.807) is 19.4 Å². The highest BCUT2D eigenvalue weighted by Crippen LogP contribution is 2.13. The lowest BCUT2D eigenvalue weighted by molar-refractivity contribution is -0.114. The number of amides is 1. The van der Waals surface area contributed by atoms with Gasteiger partial charge >= 0.3 is 0 Å². The number of aromatic nitrogens is 2. The van der Waals surface area contributed by atoms with Crippen LogP contribution in [0.2, 0.25) is 0 Å². The molecule has 1 heterocycles. The number of hydrogen-bond donors (Lipinski definition) is 2. The molecule has 0 aliphatic rings. The van der Waals surface area contributed by atoms with Gasteiger partial charge < -0.3 is 10.7 Å². The maximum Gasteiger partial charge on any atom is 0.244 e. The molecule has 0 bridgehead atoms. The maximum atomic E-state index is 10.8. The first-order valence-electron chi connectivity index (χ1n) is 3.59. The van der Waals surface area contributed by atoms with E-state index < -0.39 is 5.91 Å². The number of rotatable bonds is 2. The molecule has 0 spiro atoms. The quantitative estimate of drug-likeness (QED) is 0.633. The molecule has 0 atom stereocenters. The number of nitrogens with zero attached hydrogens (tertiary/aromatic N) is 1. The molecular formula is C8H11N3O. The van der Waals surface area contributed by atoms with Gasteiger partial charge in [-0.3, -0.25) is 4.79 Å². The number of hydrogen-bond acceptors (Lipinski definition) is 2. The zero-order valence-corrected chi connectivity index (χ0v) is 7.09. The van der Waals surface area contributed by atoms with Crippen molar-refractivity contribution < 1.29 is 4.79 Å². The first-order valence-corrected chi connectivity index (χ1v) is 3.59. The van der Waals surface area contributed by atoms with Gasteiger partial charge in [0.25, 0.3) is 0 Å². The molecule has 1 aromatic rings. The lowest BCUT2D eigenvalue weighted by Gasteiger charge is -2.00. The first kappa shape index (κ1) is 8.52. The Morgan fingerprint density at radius 2 is 2.25 bits per heavy atom. The average Bonchev–Trinajstić information content (AvgIpc) is 2.53. The van der Waals surface area contributed by atoms with Crippen LogP contribution in [0.25, 0.3) is 5.57 Å². The SMILES string of the molecule is CC(C(N)=O)=C(C)c1cnc[nH]1. The van der Waals surface area contributed by atoms with Crippen molar-refractivity contribution in [2.75, 3.05) is 0 Å². The Labute approximate surface area is 70.5 Å². The molecule has 3 N–H and O–H groups in total. The highest BCUT2D eigenvalue weighted by molar-refractivity contribution is 5.98. The second kappa shape index (κ2) is 3.21. The third-order valence-electron chi connectivity index (χ3n) is 1.83. The number of allylic oxidation sites excluding steroid dienone is 1. The van der Waals surface area contributed by atoms with Crippen molar-refractivity contribution in [2.24, 2.45) is 5.73 Å². The number of carbonyl (C=O) groups is 1. The van der Waals surface area contributed by atoms with Gasteiger partial charge in [-0.15, -0.1) is 0 Å². The van der Waals surface area contributed by atoms with E-state index in [9.17, 15) is 4.79 Å². The van der Waals surface area contributed by atoms with Crippen LogP contribution in [0.15, 0.2) is 18.1 Å².